The van der Waals surface area contributed by atoms with E-state index in [0.717, 1.165) is 16.5 Å². The fraction of sp³-hybridized carbons (Fsp3) is 0.231. The van der Waals surface area contributed by atoms with Crippen LogP contribution in [0.15, 0.2) is 30.3 Å². The summed E-state index contributed by atoms with van der Waals surface area (Å²) in [6.07, 6.45) is 0. The van der Waals surface area contributed by atoms with E-state index in [1.165, 1.54) is 11.8 Å². The number of pyridine rings is 1. The van der Waals surface area contributed by atoms with Crippen LogP contribution in [0.3, 0.4) is 0 Å². The molecular weight excluding hydrogens is 270 g/mol. The molecule has 0 saturated heterocycles. The molecular formula is C13H12ClNO2S. The lowest BCUT2D eigenvalue weighted by molar-refractivity contribution is -0.136. The number of para-hydroxylation sites is 1. The van der Waals surface area contributed by atoms with Crippen LogP contribution in [0.25, 0.3) is 10.9 Å². The number of rotatable bonds is 4. The van der Waals surface area contributed by atoms with Crippen molar-refractivity contribution in [3.05, 3.63) is 41.0 Å². The number of benzene rings is 1. The maximum Gasteiger partial charge on any atom is 0.316 e. The Bertz CT molecular complexity index is 588. The molecule has 3 nitrogen and oxygen atoms in total. The SMILES string of the molecule is CC(SCc1cc2ccccc2nc1Cl)C(=O)O. The van der Waals surface area contributed by atoms with Crippen LogP contribution in [0.1, 0.15) is 12.5 Å². The fourth-order valence-electron chi connectivity index (χ4n) is 1.52. The molecule has 0 aliphatic heterocycles. The van der Waals surface area contributed by atoms with Crippen molar-refractivity contribution in [3.63, 3.8) is 0 Å². The molecule has 0 radical (unpaired) electrons. The van der Waals surface area contributed by atoms with Gasteiger partial charge in [0.2, 0.25) is 0 Å². The second-order valence-electron chi connectivity index (χ2n) is 3.92. The van der Waals surface area contributed by atoms with Gasteiger partial charge in [0.05, 0.1) is 10.8 Å². The Morgan fingerprint density at radius 1 is 1.50 bits per heavy atom. The van der Waals surface area contributed by atoms with E-state index in [-0.39, 0.29) is 0 Å². The van der Waals surface area contributed by atoms with Crippen LogP contribution in [-0.4, -0.2) is 21.3 Å². The third kappa shape index (κ3) is 2.94. The van der Waals surface area contributed by atoms with Crippen LogP contribution in [0, 0.1) is 0 Å². The number of thioether (sulfide) groups is 1. The van der Waals surface area contributed by atoms with Crippen molar-refractivity contribution < 1.29 is 9.90 Å². The quantitative estimate of drug-likeness (QED) is 0.870. The molecule has 1 aromatic heterocycles. The van der Waals surface area contributed by atoms with Crippen LogP contribution in [0.4, 0.5) is 0 Å². The molecule has 1 N–H and O–H groups in total. The van der Waals surface area contributed by atoms with E-state index in [0.29, 0.717) is 10.9 Å². The average Bonchev–Trinajstić information content (AvgIpc) is 2.35. The average molecular weight is 282 g/mol. The van der Waals surface area contributed by atoms with Crippen molar-refractivity contribution in [1.29, 1.82) is 0 Å². The van der Waals surface area contributed by atoms with Crippen molar-refractivity contribution in [2.45, 2.75) is 17.9 Å². The molecule has 0 aliphatic carbocycles. The van der Waals surface area contributed by atoms with Gasteiger partial charge >= 0.3 is 5.97 Å². The summed E-state index contributed by atoms with van der Waals surface area (Å²) in [5.74, 6) is -0.269. The predicted molar refractivity (Wildman–Crippen MR) is 75.1 cm³/mol. The van der Waals surface area contributed by atoms with Gasteiger partial charge in [0, 0.05) is 16.7 Å². The Morgan fingerprint density at radius 3 is 2.94 bits per heavy atom. The Hall–Kier alpha value is -1.26. The molecule has 0 aliphatic rings. The standard InChI is InChI=1S/C13H12ClNO2S/c1-8(13(16)17)18-7-10-6-9-4-2-3-5-11(9)15-12(10)14/h2-6,8H,7H2,1H3,(H,16,17). The summed E-state index contributed by atoms with van der Waals surface area (Å²) in [7, 11) is 0. The summed E-state index contributed by atoms with van der Waals surface area (Å²) in [5, 5.41) is 9.84. The highest BCUT2D eigenvalue weighted by Gasteiger charge is 2.13. The summed E-state index contributed by atoms with van der Waals surface area (Å²) in [4.78, 5) is 15.1. The van der Waals surface area contributed by atoms with Gasteiger partial charge in [-0.05, 0) is 19.1 Å². The molecule has 2 aromatic rings. The summed E-state index contributed by atoms with van der Waals surface area (Å²) in [6, 6.07) is 9.68. The van der Waals surface area contributed by atoms with Gasteiger partial charge in [-0.15, -0.1) is 11.8 Å². The molecule has 1 heterocycles. The Labute approximate surface area is 114 Å². The number of aliphatic carboxylic acids is 1. The summed E-state index contributed by atoms with van der Waals surface area (Å²) < 4.78 is 0. The van der Waals surface area contributed by atoms with Crippen LogP contribution in [0.2, 0.25) is 5.15 Å². The zero-order valence-electron chi connectivity index (χ0n) is 9.76. The molecule has 18 heavy (non-hydrogen) atoms. The summed E-state index contributed by atoms with van der Waals surface area (Å²) in [5.41, 5.74) is 1.72. The van der Waals surface area contributed by atoms with E-state index >= 15 is 0 Å². The molecule has 0 amide bonds. The van der Waals surface area contributed by atoms with Gasteiger partial charge in [-0.25, -0.2) is 4.98 Å². The third-order valence-corrected chi connectivity index (χ3v) is 4.09. The first-order valence-corrected chi connectivity index (χ1v) is 6.89. The zero-order valence-corrected chi connectivity index (χ0v) is 11.3. The number of fused-ring (bicyclic) bond motifs is 1. The van der Waals surface area contributed by atoms with E-state index in [1.54, 1.807) is 6.92 Å². The second-order valence-corrected chi connectivity index (χ2v) is 5.61. The number of halogens is 1. The normalized spacial score (nSPS) is 12.6. The highest BCUT2D eigenvalue weighted by atomic mass is 35.5. The summed E-state index contributed by atoms with van der Waals surface area (Å²) in [6.45, 7) is 1.66. The van der Waals surface area contributed by atoms with Crippen molar-refractivity contribution in [3.8, 4) is 0 Å². The van der Waals surface area contributed by atoms with Gasteiger partial charge in [-0.2, -0.15) is 0 Å². The second kappa shape index (κ2) is 5.59. The van der Waals surface area contributed by atoms with Gasteiger partial charge in [-0.1, -0.05) is 29.8 Å². The smallest absolute Gasteiger partial charge is 0.316 e. The van der Waals surface area contributed by atoms with Gasteiger partial charge < -0.3 is 5.11 Å². The first-order chi connectivity index (χ1) is 8.58. The molecule has 1 atom stereocenters. The van der Waals surface area contributed by atoms with Gasteiger partial charge in [0.15, 0.2) is 0 Å². The minimum atomic E-state index is -0.815. The van der Waals surface area contributed by atoms with Gasteiger partial charge in [-0.3, -0.25) is 4.79 Å². The van der Waals surface area contributed by atoms with Crippen LogP contribution in [-0.2, 0) is 10.5 Å². The van der Waals surface area contributed by atoms with Crippen molar-refractivity contribution in [2.24, 2.45) is 0 Å². The minimum absolute atomic E-state index is 0.443. The largest absolute Gasteiger partial charge is 0.480 e. The lowest BCUT2D eigenvalue weighted by Crippen LogP contribution is -2.11. The third-order valence-electron chi connectivity index (χ3n) is 2.59. The number of aromatic nitrogens is 1. The maximum absolute atomic E-state index is 10.7. The molecule has 2 rings (SSSR count). The van der Waals surface area contributed by atoms with E-state index in [1.807, 2.05) is 30.3 Å². The Morgan fingerprint density at radius 2 is 2.22 bits per heavy atom. The van der Waals surface area contributed by atoms with Crippen molar-refractivity contribution in [1.82, 2.24) is 4.98 Å². The lowest BCUT2D eigenvalue weighted by Gasteiger charge is -2.08. The fourth-order valence-corrected chi connectivity index (χ4v) is 2.61. The van der Waals surface area contributed by atoms with Crippen molar-refractivity contribution in [2.75, 3.05) is 0 Å². The molecule has 1 aromatic carbocycles. The molecule has 0 fully saturated rings. The molecule has 0 saturated carbocycles. The Balaban J connectivity index is 2.23. The van der Waals surface area contributed by atoms with Crippen molar-refractivity contribution >= 4 is 40.2 Å². The van der Waals surface area contributed by atoms with Gasteiger partial charge in [0.25, 0.3) is 0 Å². The summed E-state index contributed by atoms with van der Waals surface area (Å²) >= 11 is 7.43. The van der Waals surface area contributed by atoms with Gasteiger partial charge in [0.1, 0.15) is 5.15 Å². The number of carboxylic acids is 1. The highest BCUT2D eigenvalue weighted by molar-refractivity contribution is 7.99. The number of hydrogen-bond acceptors (Lipinski definition) is 3. The highest BCUT2D eigenvalue weighted by Crippen LogP contribution is 2.26. The monoisotopic (exact) mass is 281 g/mol. The first kappa shape index (κ1) is 13.2. The molecule has 0 bridgehead atoms. The number of carboxylic acid groups (broad SMARTS) is 1. The topological polar surface area (TPSA) is 50.2 Å². The predicted octanol–water partition coefficient (Wildman–Crippen LogP) is 3.59. The number of carbonyl (C=O) groups is 1. The van der Waals surface area contributed by atoms with E-state index in [4.69, 9.17) is 16.7 Å². The van der Waals surface area contributed by atoms with E-state index in [2.05, 4.69) is 4.98 Å². The maximum atomic E-state index is 10.7. The van der Waals surface area contributed by atoms with Crippen LogP contribution in [0.5, 0.6) is 0 Å². The van der Waals surface area contributed by atoms with Crippen LogP contribution >= 0.6 is 23.4 Å². The number of nitrogens with zero attached hydrogens (tertiary/aromatic N) is 1. The number of hydrogen-bond donors (Lipinski definition) is 1. The molecule has 1 unspecified atom stereocenters. The Kier molecular flexibility index (Phi) is 4.09. The molecule has 5 heteroatoms. The van der Waals surface area contributed by atoms with E-state index < -0.39 is 11.2 Å². The molecule has 0 spiro atoms. The van der Waals surface area contributed by atoms with E-state index in [9.17, 15) is 4.79 Å². The lowest BCUT2D eigenvalue weighted by atomic mass is 10.2. The zero-order chi connectivity index (χ0) is 13.1. The minimum Gasteiger partial charge on any atom is -0.480 e. The molecule has 94 valence electrons. The first-order valence-electron chi connectivity index (χ1n) is 5.46. The van der Waals surface area contributed by atoms with Crippen LogP contribution < -0.4 is 0 Å².